The molecule has 0 bridgehead atoms. The van der Waals surface area contributed by atoms with E-state index in [1.807, 2.05) is 0 Å². The summed E-state index contributed by atoms with van der Waals surface area (Å²) in [6.07, 6.45) is -0.102. The lowest BCUT2D eigenvalue weighted by Crippen LogP contribution is -2.45. The topological polar surface area (TPSA) is 116 Å². The molecule has 18 heavy (non-hydrogen) atoms. The number of carboxylic acid groups (broad SMARTS) is 1. The second kappa shape index (κ2) is 7.32. The molecule has 1 atom stereocenters. The number of urea groups is 1. The first-order chi connectivity index (χ1) is 8.49. The van der Waals surface area contributed by atoms with Gasteiger partial charge in [-0.1, -0.05) is 0 Å². The maximum Gasteiger partial charge on any atom is 0.332 e. The maximum atomic E-state index is 11.4. The zero-order valence-electron chi connectivity index (χ0n) is 9.92. The molecule has 0 saturated carbocycles. The lowest BCUT2D eigenvalue weighted by Gasteiger charge is -2.22. The summed E-state index contributed by atoms with van der Waals surface area (Å²) in [7, 11) is -0.763. The van der Waals surface area contributed by atoms with Crippen molar-refractivity contribution in [2.75, 3.05) is 18.1 Å². The smallest absolute Gasteiger partial charge is 0.332 e. The highest BCUT2D eigenvalue weighted by Gasteiger charge is 2.19. The standard InChI is InChI=1S/C10H18N2O5S/c13-8(9(14)15)1-4-11-10(16)12-7-2-5-18(17)6-3-7/h7-8,13H,1-6H2,(H,14,15)(H2,11,12,16)/t7?,8-,18?/m0/s1. The van der Waals surface area contributed by atoms with Crippen LogP contribution in [0.2, 0.25) is 0 Å². The number of amides is 2. The van der Waals surface area contributed by atoms with Crippen LogP contribution in [0.3, 0.4) is 0 Å². The van der Waals surface area contributed by atoms with Crippen LogP contribution in [0.5, 0.6) is 0 Å². The molecule has 1 rings (SSSR count). The van der Waals surface area contributed by atoms with Crippen molar-refractivity contribution in [1.29, 1.82) is 0 Å². The molecule has 1 heterocycles. The Balaban J connectivity index is 2.14. The Hall–Kier alpha value is -1.15. The van der Waals surface area contributed by atoms with Crippen molar-refractivity contribution in [2.45, 2.75) is 31.4 Å². The molecule has 1 fully saturated rings. The van der Waals surface area contributed by atoms with Gasteiger partial charge in [-0.3, -0.25) is 4.21 Å². The third-order valence-electron chi connectivity index (χ3n) is 2.71. The molecule has 0 aliphatic carbocycles. The number of nitrogens with one attached hydrogen (secondary N) is 2. The van der Waals surface area contributed by atoms with Crippen molar-refractivity contribution in [1.82, 2.24) is 10.6 Å². The Kier molecular flexibility index (Phi) is 6.06. The molecule has 1 aliphatic heterocycles. The second-order valence-corrected chi connectivity index (χ2v) is 5.86. The lowest BCUT2D eigenvalue weighted by atomic mass is 10.2. The Morgan fingerprint density at radius 2 is 1.94 bits per heavy atom. The number of carbonyl (C=O) groups is 2. The molecule has 104 valence electrons. The van der Waals surface area contributed by atoms with Gasteiger partial charge in [0.2, 0.25) is 0 Å². The van der Waals surface area contributed by atoms with Crippen LogP contribution in [0.15, 0.2) is 0 Å². The number of aliphatic hydroxyl groups is 1. The summed E-state index contributed by atoms with van der Waals surface area (Å²) in [4.78, 5) is 21.7. The summed E-state index contributed by atoms with van der Waals surface area (Å²) < 4.78 is 11.1. The van der Waals surface area contributed by atoms with E-state index in [0.29, 0.717) is 24.3 Å². The first-order valence-corrected chi connectivity index (χ1v) is 7.28. The number of carbonyl (C=O) groups excluding carboxylic acids is 1. The van der Waals surface area contributed by atoms with Crippen LogP contribution in [-0.2, 0) is 15.6 Å². The molecule has 8 heteroatoms. The van der Waals surface area contributed by atoms with Crippen molar-refractivity contribution < 1.29 is 24.0 Å². The van der Waals surface area contributed by atoms with Gasteiger partial charge in [0.05, 0.1) is 0 Å². The second-order valence-electron chi connectivity index (χ2n) is 4.17. The zero-order valence-corrected chi connectivity index (χ0v) is 10.7. The van der Waals surface area contributed by atoms with E-state index >= 15 is 0 Å². The van der Waals surface area contributed by atoms with Crippen molar-refractivity contribution in [2.24, 2.45) is 0 Å². The van der Waals surface area contributed by atoms with E-state index in [9.17, 15) is 13.8 Å². The molecule has 0 unspecified atom stereocenters. The fourth-order valence-corrected chi connectivity index (χ4v) is 2.92. The molecule has 0 radical (unpaired) electrons. The molecular weight excluding hydrogens is 260 g/mol. The van der Waals surface area contributed by atoms with E-state index in [2.05, 4.69) is 10.6 Å². The zero-order chi connectivity index (χ0) is 13.5. The van der Waals surface area contributed by atoms with Gasteiger partial charge < -0.3 is 20.8 Å². The van der Waals surface area contributed by atoms with E-state index in [1.165, 1.54) is 0 Å². The number of aliphatic hydroxyl groups excluding tert-OH is 1. The third kappa shape index (κ3) is 5.46. The van der Waals surface area contributed by atoms with Gasteiger partial charge in [0, 0.05) is 41.3 Å². The van der Waals surface area contributed by atoms with Crippen molar-refractivity contribution >= 4 is 22.8 Å². The van der Waals surface area contributed by atoms with Gasteiger partial charge in [-0.05, 0) is 12.8 Å². The van der Waals surface area contributed by atoms with Crippen LogP contribution in [0.1, 0.15) is 19.3 Å². The van der Waals surface area contributed by atoms with Gasteiger partial charge in [0.25, 0.3) is 0 Å². The normalized spacial score (nSPS) is 25.2. The molecule has 0 aromatic carbocycles. The molecule has 2 amide bonds. The van der Waals surface area contributed by atoms with Gasteiger partial charge in [0.15, 0.2) is 6.10 Å². The van der Waals surface area contributed by atoms with E-state index in [-0.39, 0.29) is 25.0 Å². The summed E-state index contributed by atoms with van der Waals surface area (Å²) in [5, 5.41) is 22.6. The van der Waals surface area contributed by atoms with Crippen LogP contribution in [0, 0.1) is 0 Å². The van der Waals surface area contributed by atoms with Crippen LogP contribution in [0.4, 0.5) is 4.79 Å². The van der Waals surface area contributed by atoms with Crippen molar-refractivity contribution in [3.05, 3.63) is 0 Å². The lowest BCUT2D eigenvalue weighted by molar-refractivity contribution is -0.146. The first-order valence-electron chi connectivity index (χ1n) is 5.79. The van der Waals surface area contributed by atoms with E-state index in [0.717, 1.165) is 0 Å². The Morgan fingerprint density at radius 1 is 1.33 bits per heavy atom. The Bertz CT molecular complexity index is 326. The van der Waals surface area contributed by atoms with Gasteiger partial charge in [-0.15, -0.1) is 0 Å². The summed E-state index contributed by atoms with van der Waals surface area (Å²) >= 11 is 0. The van der Waals surface area contributed by atoms with Crippen LogP contribution < -0.4 is 10.6 Å². The average molecular weight is 278 g/mol. The minimum Gasteiger partial charge on any atom is -0.479 e. The quantitative estimate of drug-likeness (QED) is 0.516. The van der Waals surface area contributed by atoms with Gasteiger partial charge in [-0.25, -0.2) is 9.59 Å². The number of hydrogen-bond donors (Lipinski definition) is 4. The highest BCUT2D eigenvalue weighted by atomic mass is 32.2. The van der Waals surface area contributed by atoms with Crippen LogP contribution in [-0.4, -0.2) is 56.6 Å². The van der Waals surface area contributed by atoms with E-state index in [1.54, 1.807) is 0 Å². The Morgan fingerprint density at radius 3 is 2.50 bits per heavy atom. The van der Waals surface area contributed by atoms with E-state index in [4.69, 9.17) is 10.2 Å². The monoisotopic (exact) mass is 278 g/mol. The van der Waals surface area contributed by atoms with Crippen LogP contribution >= 0.6 is 0 Å². The molecule has 0 aromatic heterocycles. The summed E-state index contributed by atoms with van der Waals surface area (Å²) in [5.74, 6) is -0.0994. The highest BCUT2D eigenvalue weighted by Crippen LogP contribution is 2.08. The predicted octanol–water partition coefficient (Wildman–Crippen LogP) is -0.968. The molecule has 0 spiro atoms. The molecule has 0 aromatic rings. The number of carboxylic acids is 1. The minimum atomic E-state index is -1.46. The van der Waals surface area contributed by atoms with Gasteiger partial charge in [-0.2, -0.15) is 0 Å². The highest BCUT2D eigenvalue weighted by molar-refractivity contribution is 7.85. The van der Waals surface area contributed by atoms with Crippen molar-refractivity contribution in [3.63, 3.8) is 0 Å². The average Bonchev–Trinajstić information content (AvgIpc) is 2.32. The fourth-order valence-electron chi connectivity index (χ4n) is 1.62. The van der Waals surface area contributed by atoms with Gasteiger partial charge in [0.1, 0.15) is 0 Å². The van der Waals surface area contributed by atoms with Crippen molar-refractivity contribution in [3.8, 4) is 0 Å². The molecule has 4 N–H and O–H groups in total. The Labute approximate surface area is 107 Å². The summed E-state index contributed by atoms with van der Waals surface area (Å²) in [6.45, 7) is 0.0952. The maximum absolute atomic E-state index is 11.4. The number of rotatable bonds is 5. The largest absolute Gasteiger partial charge is 0.479 e. The van der Waals surface area contributed by atoms with E-state index < -0.39 is 22.9 Å². The number of hydrogen-bond acceptors (Lipinski definition) is 4. The number of aliphatic carboxylic acids is 1. The SMILES string of the molecule is O=C(NCC[C@H](O)C(=O)O)NC1CCS(=O)CC1. The molecule has 7 nitrogen and oxygen atoms in total. The van der Waals surface area contributed by atoms with Crippen LogP contribution in [0.25, 0.3) is 0 Å². The fraction of sp³-hybridized carbons (Fsp3) is 0.800. The van der Waals surface area contributed by atoms with Gasteiger partial charge >= 0.3 is 12.0 Å². The first kappa shape index (κ1) is 14.9. The minimum absolute atomic E-state index is 0.0205. The summed E-state index contributed by atoms with van der Waals surface area (Å²) in [5.41, 5.74) is 0. The molecular formula is C10H18N2O5S. The predicted molar refractivity (Wildman–Crippen MR) is 65.7 cm³/mol. The third-order valence-corrected chi connectivity index (χ3v) is 4.09. The molecule has 1 aliphatic rings. The molecule has 1 saturated heterocycles. The summed E-state index contributed by atoms with van der Waals surface area (Å²) in [6, 6.07) is -0.364.